The van der Waals surface area contributed by atoms with Crippen LogP contribution in [0.15, 0.2) is 4.99 Å². The summed E-state index contributed by atoms with van der Waals surface area (Å²) in [6.07, 6.45) is 9.70. The summed E-state index contributed by atoms with van der Waals surface area (Å²) in [6, 6.07) is 0.529. The average Bonchev–Trinajstić information content (AvgIpc) is 3.32. The van der Waals surface area contributed by atoms with Crippen molar-refractivity contribution < 1.29 is 9.47 Å². The molecule has 0 bridgehead atoms. The van der Waals surface area contributed by atoms with E-state index in [1.165, 1.54) is 38.5 Å². The Morgan fingerprint density at radius 3 is 2.52 bits per heavy atom. The van der Waals surface area contributed by atoms with Crippen LogP contribution < -0.4 is 10.6 Å². The minimum absolute atomic E-state index is 0. The number of halogens is 1. The summed E-state index contributed by atoms with van der Waals surface area (Å²) < 4.78 is 12.3. The van der Waals surface area contributed by atoms with Crippen LogP contribution in [-0.4, -0.2) is 50.5 Å². The number of aliphatic imine (C=N–C) groups is 1. The van der Waals surface area contributed by atoms with Gasteiger partial charge in [-0.2, -0.15) is 0 Å². The van der Waals surface area contributed by atoms with Gasteiger partial charge in [0.05, 0.1) is 12.2 Å². The van der Waals surface area contributed by atoms with E-state index in [4.69, 9.17) is 14.5 Å². The standard InChI is InChI=1S/C23H41N3O2.HI/c1-5-24-21(25-15-16-9-8-13-27-19(16)22(2,3)4)26-18-17-10-14-28-20(17)23(18)11-6-7-12-23;/h16-20H,5-15H2,1-4H3,(H2,24,25,26);1H. The predicted octanol–water partition coefficient (Wildman–Crippen LogP) is 4.35. The van der Waals surface area contributed by atoms with Crippen LogP contribution in [0.1, 0.15) is 72.6 Å². The SMILES string of the molecule is CCNC(=NCC1CCCOC1C(C)(C)C)NC1C2CCOC2C12CCCC2.I. The largest absolute Gasteiger partial charge is 0.377 e. The van der Waals surface area contributed by atoms with Gasteiger partial charge in [-0.1, -0.05) is 33.6 Å². The lowest BCUT2D eigenvalue weighted by atomic mass is 9.54. The third-order valence-electron chi connectivity index (χ3n) is 7.70. The summed E-state index contributed by atoms with van der Waals surface area (Å²) in [5, 5.41) is 7.39. The third-order valence-corrected chi connectivity index (χ3v) is 7.70. The molecule has 0 aromatic rings. The molecule has 4 fully saturated rings. The molecule has 1 spiro atoms. The minimum atomic E-state index is 0. The van der Waals surface area contributed by atoms with Gasteiger partial charge in [-0.15, -0.1) is 24.0 Å². The van der Waals surface area contributed by atoms with Crippen molar-refractivity contribution in [1.82, 2.24) is 10.6 Å². The number of rotatable bonds is 4. The van der Waals surface area contributed by atoms with Crippen molar-refractivity contribution in [3.8, 4) is 0 Å². The maximum absolute atomic E-state index is 6.17. The normalized spacial score (nSPS) is 36.3. The van der Waals surface area contributed by atoms with Gasteiger partial charge < -0.3 is 20.1 Å². The van der Waals surface area contributed by atoms with Crippen molar-refractivity contribution in [1.29, 1.82) is 0 Å². The van der Waals surface area contributed by atoms with E-state index in [1.54, 1.807) is 0 Å². The molecule has 2 heterocycles. The van der Waals surface area contributed by atoms with E-state index in [-0.39, 0.29) is 29.4 Å². The number of hydrogen-bond donors (Lipinski definition) is 2. The lowest BCUT2D eigenvalue weighted by molar-refractivity contribution is -0.125. The molecule has 4 aliphatic rings. The maximum atomic E-state index is 6.17. The van der Waals surface area contributed by atoms with E-state index in [0.29, 0.717) is 35.5 Å². The van der Waals surface area contributed by atoms with E-state index in [9.17, 15) is 0 Å². The van der Waals surface area contributed by atoms with Gasteiger partial charge in [0.2, 0.25) is 0 Å². The second-order valence-electron chi connectivity index (χ2n) is 10.6. The van der Waals surface area contributed by atoms with E-state index in [1.807, 2.05) is 0 Å². The second-order valence-corrected chi connectivity index (χ2v) is 10.6. The van der Waals surface area contributed by atoms with Crippen molar-refractivity contribution in [3.63, 3.8) is 0 Å². The predicted molar refractivity (Wildman–Crippen MR) is 129 cm³/mol. The van der Waals surface area contributed by atoms with Gasteiger partial charge >= 0.3 is 0 Å². The van der Waals surface area contributed by atoms with Crippen LogP contribution in [0, 0.1) is 22.7 Å². The van der Waals surface area contributed by atoms with Crippen molar-refractivity contribution in [2.24, 2.45) is 27.7 Å². The van der Waals surface area contributed by atoms with E-state index in [0.717, 1.165) is 38.7 Å². The van der Waals surface area contributed by atoms with Gasteiger partial charge in [0.1, 0.15) is 0 Å². The first-order valence-electron chi connectivity index (χ1n) is 11.7. The van der Waals surface area contributed by atoms with Crippen LogP contribution in [0.5, 0.6) is 0 Å². The van der Waals surface area contributed by atoms with Gasteiger partial charge in [-0.05, 0) is 44.4 Å². The third kappa shape index (κ3) is 4.59. The quantitative estimate of drug-likeness (QED) is 0.330. The number of fused-ring (bicyclic) bond motifs is 2. The van der Waals surface area contributed by atoms with Crippen LogP contribution in [-0.2, 0) is 9.47 Å². The molecule has 29 heavy (non-hydrogen) atoms. The molecule has 4 rings (SSSR count). The molecule has 0 amide bonds. The first kappa shape index (κ1) is 23.6. The zero-order valence-electron chi connectivity index (χ0n) is 18.8. The Balaban J connectivity index is 0.00000240. The van der Waals surface area contributed by atoms with Crippen molar-refractivity contribution in [2.45, 2.75) is 90.9 Å². The number of guanidine groups is 1. The molecule has 2 aliphatic carbocycles. The maximum Gasteiger partial charge on any atom is 0.191 e. The van der Waals surface area contributed by atoms with Gasteiger partial charge in [0.25, 0.3) is 0 Å². The fraction of sp³-hybridized carbons (Fsp3) is 0.957. The highest BCUT2D eigenvalue weighted by Gasteiger charge is 2.65. The van der Waals surface area contributed by atoms with E-state index in [2.05, 4.69) is 38.3 Å². The number of nitrogens with one attached hydrogen (secondary N) is 2. The summed E-state index contributed by atoms with van der Waals surface area (Å²) in [7, 11) is 0. The molecular weight excluding hydrogens is 477 g/mol. The molecule has 5 atom stereocenters. The van der Waals surface area contributed by atoms with Gasteiger partial charge in [0.15, 0.2) is 5.96 Å². The summed E-state index contributed by atoms with van der Waals surface area (Å²) in [6.45, 7) is 12.6. The molecule has 0 radical (unpaired) electrons. The number of hydrogen-bond acceptors (Lipinski definition) is 3. The van der Waals surface area contributed by atoms with Crippen molar-refractivity contribution >= 4 is 29.9 Å². The van der Waals surface area contributed by atoms with Crippen molar-refractivity contribution in [2.75, 3.05) is 26.3 Å². The molecular formula is C23H42IN3O2. The zero-order valence-corrected chi connectivity index (χ0v) is 21.2. The lowest BCUT2D eigenvalue weighted by Crippen LogP contribution is -2.69. The molecule has 5 nitrogen and oxygen atoms in total. The minimum Gasteiger partial charge on any atom is -0.377 e. The summed E-state index contributed by atoms with van der Waals surface area (Å²) >= 11 is 0. The zero-order chi connectivity index (χ0) is 19.8. The Kier molecular flexibility index (Phi) is 7.80. The smallest absolute Gasteiger partial charge is 0.191 e. The fourth-order valence-corrected chi connectivity index (χ4v) is 6.57. The Labute approximate surface area is 194 Å². The molecule has 6 heteroatoms. The summed E-state index contributed by atoms with van der Waals surface area (Å²) in [5.41, 5.74) is 0.530. The second kappa shape index (κ2) is 9.60. The fourth-order valence-electron chi connectivity index (χ4n) is 6.57. The highest BCUT2D eigenvalue weighted by Crippen LogP contribution is 2.60. The summed E-state index contributed by atoms with van der Waals surface area (Å²) in [4.78, 5) is 5.07. The topological polar surface area (TPSA) is 54.9 Å². The van der Waals surface area contributed by atoms with E-state index < -0.39 is 0 Å². The van der Waals surface area contributed by atoms with Crippen LogP contribution in [0.2, 0.25) is 0 Å². The number of nitrogens with zero attached hydrogens (tertiary/aromatic N) is 1. The molecule has 2 N–H and O–H groups in total. The Morgan fingerprint density at radius 1 is 1.07 bits per heavy atom. The highest BCUT2D eigenvalue weighted by molar-refractivity contribution is 14.0. The highest BCUT2D eigenvalue weighted by atomic mass is 127. The van der Waals surface area contributed by atoms with Gasteiger partial charge in [0, 0.05) is 49.6 Å². The summed E-state index contributed by atoms with van der Waals surface area (Å²) in [5.74, 6) is 2.18. The average molecular weight is 520 g/mol. The van der Waals surface area contributed by atoms with E-state index >= 15 is 0 Å². The van der Waals surface area contributed by atoms with Gasteiger partial charge in [-0.25, -0.2) is 0 Å². The van der Waals surface area contributed by atoms with Crippen LogP contribution >= 0.6 is 24.0 Å². The number of ether oxygens (including phenoxy) is 2. The Bertz CT molecular complexity index is 571. The molecule has 2 saturated heterocycles. The Morgan fingerprint density at radius 2 is 1.83 bits per heavy atom. The Hall–Kier alpha value is -0.0800. The van der Waals surface area contributed by atoms with Crippen LogP contribution in [0.4, 0.5) is 0 Å². The molecule has 168 valence electrons. The van der Waals surface area contributed by atoms with Crippen LogP contribution in [0.25, 0.3) is 0 Å². The first-order valence-corrected chi connectivity index (χ1v) is 11.7. The molecule has 0 aromatic heterocycles. The molecule has 2 saturated carbocycles. The monoisotopic (exact) mass is 519 g/mol. The van der Waals surface area contributed by atoms with Crippen molar-refractivity contribution in [3.05, 3.63) is 0 Å². The van der Waals surface area contributed by atoms with Gasteiger partial charge in [-0.3, -0.25) is 4.99 Å². The molecule has 5 unspecified atom stereocenters. The van der Waals surface area contributed by atoms with Crippen LogP contribution in [0.3, 0.4) is 0 Å². The lowest BCUT2D eigenvalue weighted by Gasteiger charge is -2.57. The molecule has 2 aliphatic heterocycles. The first-order chi connectivity index (χ1) is 13.5. The molecule has 0 aromatic carbocycles.